The molecule has 1 aromatic rings. The Labute approximate surface area is 123 Å². The standard InChI is InChI=1S/C13H18FN3O3S/c1-8(7-15)13(18)16-10-4-5-11(14)12(6-10)21(19,20)17-9-2-3-9/h4-6,8-9,17H,2-3,7,15H2,1H3,(H,16,18). The molecule has 0 saturated heterocycles. The van der Waals surface area contributed by atoms with Gasteiger partial charge in [0.1, 0.15) is 10.7 Å². The smallest absolute Gasteiger partial charge is 0.243 e. The molecule has 21 heavy (non-hydrogen) atoms. The van der Waals surface area contributed by atoms with E-state index in [2.05, 4.69) is 10.0 Å². The Bertz CT molecular complexity index is 644. The van der Waals surface area contributed by atoms with Crippen LogP contribution in [0.3, 0.4) is 0 Å². The first kappa shape index (κ1) is 15.9. The number of halogens is 1. The van der Waals surface area contributed by atoms with Gasteiger partial charge in [-0.3, -0.25) is 4.79 Å². The van der Waals surface area contributed by atoms with Crippen molar-refractivity contribution in [1.82, 2.24) is 4.72 Å². The third kappa shape index (κ3) is 3.99. The normalized spacial score (nSPS) is 16.5. The van der Waals surface area contributed by atoms with Gasteiger partial charge in [-0.25, -0.2) is 17.5 Å². The summed E-state index contributed by atoms with van der Waals surface area (Å²) in [6.45, 7) is 1.81. The fourth-order valence-electron chi connectivity index (χ4n) is 1.64. The predicted molar refractivity (Wildman–Crippen MR) is 76.6 cm³/mol. The molecule has 0 spiro atoms. The number of sulfonamides is 1. The molecule has 0 aliphatic heterocycles. The van der Waals surface area contributed by atoms with E-state index in [1.165, 1.54) is 6.07 Å². The highest BCUT2D eigenvalue weighted by molar-refractivity contribution is 7.89. The molecule has 0 aromatic heterocycles. The molecule has 2 rings (SSSR count). The highest BCUT2D eigenvalue weighted by Crippen LogP contribution is 2.25. The van der Waals surface area contributed by atoms with Crippen LogP contribution in [0.15, 0.2) is 23.1 Å². The Kier molecular flexibility index (Phi) is 4.60. The van der Waals surface area contributed by atoms with Gasteiger partial charge in [-0.2, -0.15) is 0 Å². The topological polar surface area (TPSA) is 101 Å². The summed E-state index contributed by atoms with van der Waals surface area (Å²) in [5, 5.41) is 2.52. The third-order valence-corrected chi connectivity index (χ3v) is 4.72. The first-order valence-electron chi connectivity index (χ1n) is 6.66. The number of hydrogen-bond acceptors (Lipinski definition) is 4. The van der Waals surface area contributed by atoms with Gasteiger partial charge in [0.25, 0.3) is 0 Å². The van der Waals surface area contributed by atoms with Crippen LogP contribution < -0.4 is 15.8 Å². The number of nitrogens with two attached hydrogens (primary N) is 1. The molecular weight excluding hydrogens is 297 g/mol. The average Bonchev–Trinajstić information content (AvgIpc) is 3.22. The van der Waals surface area contributed by atoms with Crippen LogP contribution in [0.25, 0.3) is 0 Å². The van der Waals surface area contributed by atoms with Crippen molar-refractivity contribution in [3.8, 4) is 0 Å². The molecular formula is C13H18FN3O3S. The minimum absolute atomic E-state index is 0.120. The van der Waals surface area contributed by atoms with E-state index in [4.69, 9.17) is 5.73 Å². The molecule has 1 aliphatic rings. The lowest BCUT2D eigenvalue weighted by Gasteiger charge is -2.12. The van der Waals surface area contributed by atoms with E-state index < -0.39 is 26.7 Å². The minimum Gasteiger partial charge on any atom is -0.330 e. The molecule has 6 nitrogen and oxygen atoms in total. The summed E-state index contributed by atoms with van der Waals surface area (Å²) in [7, 11) is -3.91. The number of anilines is 1. The fraction of sp³-hybridized carbons (Fsp3) is 0.462. The van der Waals surface area contributed by atoms with Gasteiger partial charge in [-0.1, -0.05) is 6.92 Å². The van der Waals surface area contributed by atoms with Crippen molar-refractivity contribution in [3.63, 3.8) is 0 Å². The molecule has 0 heterocycles. The molecule has 116 valence electrons. The second-order valence-electron chi connectivity index (χ2n) is 5.17. The van der Waals surface area contributed by atoms with Crippen molar-refractivity contribution >= 4 is 21.6 Å². The van der Waals surface area contributed by atoms with Crippen LogP contribution in [0.2, 0.25) is 0 Å². The molecule has 1 unspecified atom stereocenters. The van der Waals surface area contributed by atoms with Crippen LogP contribution in [0.4, 0.5) is 10.1 Å². The maximum Gasteiger partial charge on any atom is 0.243 e. The zero-order valence-corrected chi connectivity index (χ0v) is 12.4. The maximum atomic E-state index is 13.7. The first-order chi connectivity index (χ1) is 9.83. The summed E-state index contributed by atoms with van der Waals surface area (Å²) in [4.78, 5) is 11.3. The zero-order valence-electron chi connectivity index (χ0n) is 11.6. The highest BCUT2D eigenvalue weighted by atomic mass is 32.2. The van der Waals surface area contributed by atoms with Gasteiger partial charge in [-0.05, 0) is 31.0 Å². The van der Waals surface area contributed by atoms with Crippen LogP contribution in [-0.4, -0.2) is 26.9 Å². The lowest BCUT2D eigenvalue weighted by molar-refractivity contribution is -0.119. The van der Waals surface area contributed by atoms with Gasteiger partial charge < -0.3 is 11.1 Å². The lowest BCUT2D eigenvalue weighted by Crippen LogP contribution is -2.28. The molecule has 1 aliphatic carbocycles. The van der Waals surface area contributed by atoms with Crippen LogP contribution in [0, 0.1) is 11.7 Å². The van der Waals surface area contributed by atoms with Crippen LogP contribution in [0.5, 0.6) is 0 Å². The molecule has 0 bridgehead atoms. The highest BCUT2D eigenvalue weighted by Gasteiger charge is 2.30. The SMILES string of the molecule is CC(CN)C(=O)Nc1ccc(F)c(S(=O)(=O)NC2CC2)c1. The van der Waals surface area contributed by atoms with Crippen molar-refractivity contribution in [2.24, 2.45) is 11.7 Å². The number of amides is 1. The molecule has 0 radical (unpaired) electrons. The summed E-state index contributed by atoms with van der Waals surface area (Å²) in [5.74, 6) is -1.62. The van der Waals surface area contributed by atoms with E-state index in [0.717, 1.165) is 25.0 Å². The van der Waals surface area contributed by atoms with Crippen molar-refractivity contribution in [1.29, 1.82) is 0 Å². The van der Waals surface area contributed by atoms with E-state index in [0.29, 0.717) is 0 Å². The summed E-state index contributed by atoms with van der Waals surface area (Å²) in [6, 6.07) is 3.32. The summed E-state index contributed by atoms with van der Waals surface area (Å²) >= 11 is 0. The van der Waals surface area contributed by atoms with E-state index in [-0.39, 0.29) is 24.2 Å². The Balaban J connectivity index is 2.22. The van der Waals surface area contributed by atoms with Crippen LogP contribution in [0.1, 0.15) is 19.8 Å². The molecule has 1 amide bonds. The lowest BCUT2D eigenvalue weighted by atomic mass is 10.1. The second kappa shape index (κ2) is 6.08. The van der Waals surface area contributed by atoms with Gasteiger partial charge >= 0.3 is 0 Å². The zero-order chi connectivity index (χ0) is 15.6. The molecule has 4 N–H and O–H groups in total. The second-order valence-corrected chi connectivity index (χ2v) is 6.85. The van der Waals surface area contributed by atoms with E-state index in [1.54, 1.807) is 6.92 Å². The van der Waals surface area contributed by atoms with E-state index in [9.17, 15) is 17.6 Å². The fourth-order valence-corrected chi connectivity index (χ4v) is 3.05. The molecule has 1 saturated carbocycles. The van der Waals surface area contributed by atoms with E-state index >= 15 is 0 Å². The Morgan fingerprint density at radius 1 is 1.48 bits per heavy atom. The first-order valence-corrected chi connectivity index (χ1v) is 8.14. The van der Waals surface area contributed by atoms with Crippen molar-refractivity contribution in [2.75, 3.05) is 11.9 Å². The summed E-state index contributed by atoms with van der Waals surface area (Å²) in [6.07, 6.45) is 1.51. The maximum absolute atomic E-state index is 13.7. The summed E-state index contributed by atoms with van der Waals surface area (Å²) < 4.78 is 40.2. The van der Waals surface area contributed by atoms with Crippen molar-refractivity contribution in [2.45, 2.75) is 30.7 Å². The summed E-state index contributed by atoms with van der Waals surface area (Å²) in [5.41, 5.74) is 5.61. The van der Waals surface area contributed by atoms with E-state index in [1.807, 2.05) is 0 Å². The van der Waals surface area contributed by atoms with Crippen LogP contribution >= 0.6 is 0 Å². The number of carbonyl (C=O) groups excluding carboxylic acids is 1. The predicted octanol–water partition coefficient (Wildman–Crippen LogP) is 0.800. The Hall–Kier alpha value is -1.51. The van der Waals surface area contributed by atoms with Crippen LogP contribution in [-0.2, 0) is 14.8 Å². The quantitative estimate of drug-likeness (QED) is 0.722. The average molecular weight is 315 g/mol. The van der Waals surface area contributed by atoms with Crippen molar-refractivity contribution in [3.05, 3.63) is 24.0 Å². The van der Waals surface area contributed by atoms with Gasteiger partial charge in [0, 0.05) is 24.2 Å². The van der Waals surface area contributed by atoms with Crippen molar-refractivity contribution < 1.29 is 17.6 Å². The number of benzene rings is 1. The van der Waals surface area contributed by atoms with Gasteiger partial charge in [0.2, 0.25) is 15.9 Å². The van der Waals surface area contributed by atoms with Gasteiger partial charge in [0.05, 0.1) is 0 Å². The molecule has 1 atom stereocenters. The number of carbonyl (C=O) groups is 1. The third-order valence-electron chi connectivity index (χ3n) is 3.19. The molecule has 8 heteroatoms. The minimum atomic E-state index is -3.91. The Morgan fingerprint density at radius 3 is 2.71 bits per heavy atom. The van der Waals surface area contributed by atoms with Gasteiger partial charge in [-0.15, -0.1) is 0 Å². The number of hydrogen-bond donors (Lipinski definition) is 3. The molecule has 1 aromatic carbocycles. The monoisotopic (exact) mass is 315 g/mol. The number of nitrogens with one attached hydrogen (secondary N) is 2. The van der Waals surface area contributed by atoms with Gasteiger partial charge in [0.15, 0.2) is 0 Å². The molecule has 1 fully saturated rings. The number of rotatable bonds is 6. The largest absolute Gasteiger partial charge is 0.330 e. The Morgan fingerprint density at radius 2 is 2.14 bits per heavy atom.